The first-order valence-corrected chi connectivity index (χ1v) is 5.14. The van der Waals surface area contributed by atoms with Crippen LogP contribution in [0.5, 0.6) is 0 Å². The molecule has 1 saturated carbocycles. The van der Waals surface area contributed by atoms with Crippen molar-refractivity contribution in [3.63, 3.8) is 0 Å². The maximum Gasteiger partial charge on any atom is 0.00164 e. The normalized spacial score (nSPS) is 40.5. The van der Waals surface area contributed by atoms with E-state index < -0.39 is 0 Å². The van der Waals surface area contributed by atoms with E-state index in [4.69, 9.17) is 5.73 Å². The predicted molar refractivity (Wildman–Crippen MR) is 50.8 cm³/mol. The number of hydrogen-bond acceptors (Lipinski definition) is 2. The Kier molecular flexibility index (Phi) is 2.13. The van der Waals surface area contributed by atoms with Crippen LogP contribution in [0, 0.1) is 23.7 Å². The molecular formula is C10H20N2. The second-order valence-corrected chi connectivity index (χ2v) is 4.84. The number of rotatable bonds is 3. The van der Waals surface area contributed by atoms with Crippen molar-refractivity contribution in [1.29, 1.82) is 0 Å². The van der Waals surface area contributed by atoms with Crippen molar-refractivity contribution in [2.75, 3.05) is 26.2 Å². The third-order valence-electron chi connectivity index (χ3n) is 3.34. The van der Waals surface area contributed by atoms with E-state index in [2.05, 4.69) is 18.7 Å². The van der Waals surface area contributed by atoms with Gasteiger partial charge >= 0.3 is 0 Å². The predicted octanol–water partition coefficient (Wildman–Crippen LogP) is 0.779. The highest BCUT2D eigenvalue weighted by molar-refractivity contribution is 5.05. The van der Waals surface area contributed by atoms with E-state index in [0.29, 0.717) is 0 Å². The number of likely N-dealkylation sites (tertiary alicyclic amines) is 1. The number of nitrogens with zero attached hydrogens (tertiary/aromatic N) is 1. The van der Waals surface area contributed by atoms with Crippen molar-refractivity contribution in [2.24, 2.45) is 29.4 Å². The number of piperidine rings is 1. The summed E-state index contributed by atoms with van der Waals surface area (Å²) < 4.78 is 0. The second-order valence-electron chi connectivity index (χ2n) is 4.84. The van der Waals surface area contributed by atoms with Crippen molar-refractivity contribution >= 4 is 0 Å². The Hall–Kier alpha value is -0.0800. The van der Waals surface area contributed by atoms with Gasteiger partial charge in [-0.3, -0.25) is 0 Å². The monoisotopic (exact) mass is 168 g/mol. The molecule has 2 rings (SSSR count). The zero-order chi connectivity index (χ0) is 8.72. The van der Waals surface area contributed by atoms with Gasteiger partial charge in [0.25, 0.3) is 0 Å². The molecule has 70 valence electrons. The van der Waals surface area contributed by atoms with E-state index in [1.807, 2.05) is 0 Å². The molecule has 0 radical (unpaired) electrons. The van der Waals surface area contributed by atoms with E-state index in [1.165, 1.54) is 19.6 Å². The molecule has 2 aliphatic rings. The van der Waals surface area contributed by atoms with E-state index in [1.54, 1.807) is 0 Å². The summed E-state index contributed by atoms with van der Waals surface area (Å²) in [5.74, 6) is 3.63. The van der Waals surface area contributed by atoms with Gasteiger partial charge in [-0.1, -0.05) is 13.8 Å². The minimum absolute atomic E-state index is 0.818. The molecule has 1 saturated heterocycles. The highest BCUT2D eigenvalue weighted by atomic mass is 15.2. The summed E-state index contributed by atoms with van der Waals surface area (Å²) in [4.78, 5) is 2.60. The van der Waals surface area contributed by atoms with E-state index in [9.17, 15) is 0 Å². The Morgan fingerprint density at radius 2 is 1.92 bits per heavy atom. The fourth-order valence-corrected chi connectivity index (χ4v) is 2.75. The van der Waals surface area contributed by atoms with Crippen LogP contribution in [0.15, 0.2) is 0 Å². The quantitative estimate of drug-likeness (QED) is 0.675. The molecule has 0 aromatic heterocycles. The number of fused-ring (bicyclic) bond motifs is 1. The Labute approximate surface area is 75.1 Å². The smallest absolute Gasteiger partial charge is 0.00164 e. The number of hydrogen-bond donors (Lipinski definition) is 1. The summed E-state index contributed by atoms with van der Waals surface area (Å²) in [6.45, 7) is 9.44. The molecule has 0 aromatic rings. The number of nitrogens with two attached hydrogens (primary N) is 1. The molecule has 2 nitrogen and oxygen atoms in total. The molecule has 2 fully saturated rings. The summed E-state index contributed by atoms with van der Waals surface area (Å²) in [6.07, 6.45) is 0. The average molecular weight is 168 g/mol. The Balaban J connectivity index is 1.75. The molecule has 2 N–H and O–H groups in total. The third kappa shape index (κ3) is 1.38. The van der Waals surface area contributed by atoms with Crippen LogP contribution in [-0.2, 0) is 0 Å². The molecule has 1 heterocycles. The van der Waals surface area contributed by atoms with Gasteiger partial charge in [-0.2, -0.15) is 0 Å². The van der Waals surface area contributed by atoms with Crippen LogP contribution in [0.1, 0.15) is 13.8 Å². The molecule has 1 aliphatic carbocycles. The molecule has 1 aliphatic heterocycles. The van der Waals surface area contributed by atoms with Gasteiger partial charge in [-0.15, -0.1) is 0 Å². The maximum atomic E-state index is 5.65. The van der Waals surface area contributed by atoms with Crippen LogP contribution in [0.25, 0.3) is 0 Å². The van der Waals surface area contributed by atoms with Crippen LogP contribution in [-0.4, -0.2) is 31.1 Å². The molecule has 0 spiro atoms. The van der Waals surface area contributed by atoms with Gasteiger partial charge in [0.15, 0.2) is 0 Å². The largest absolute Gasteiger partial charge is 0.330 e. The van der Waals surface area contributed by atoms with Crippen molar-refractivity contribution in [3.05, 3.63) is 0 Å². The van der Waals surface area contributed by atoms with Gasteiger partial charge in [-0.05, 0) is 30.2 Å². The lowest BCUT2D eigenvalue weighted by Gasteiger charge is -2.20. The third-order valence-corrected chi connectivity index (χ3v) is 3.34. The lowest BCUT2D eigenvalue weighted by atomic mass is 10.2. The lowest BCUT2D eigenvalue weighted by Crippen LogP contribution is -2.29. The van der Waals surface area contributed by atoms with Crippen LogP contribution in [0.4, 0.5) is 0 Å². The molecular weight excluding hydrogens is 148 g/mol. The summed E-state index contributed by atoms with van der Waals surface area (Å²) in [7, 11) is 0. The van der Waals surface area contributed by atoms with Crippen LogP contribution < -0.4 is 5.73 Å². The van der Waals surface area contributed by atoms with Crippen molar-refractivity contribution in [3.8, 4) is 0 Å². The van der Waals surface area contributed by atoms with Crippen LogP contribution in [0.3, 0.4) is 0 Å². The highest BCUT2D eigenvalue weighted by Gasteiger charge is 2.54. The maximum absolute atomic E-state index is 5.65. The fraction of sp³-hybridized carbons (Fsp3) is 1.00. The molecule has 0 amide bonds. The molecule has 2 heteroatoms. The zero-order valence-electron chi connectivity index (χ0n) is 8.16. The average Bonchev–Trinajstić information content (AvgIpc) is 2.45. The van der Waals surface area contributed by atoms with Crippen molar-refractivity contribution in [2.45, 2.75) is 13.8 Å². The summed E-state index contributed by atoms with van der Waals surface area (Å²) in [6, 6.07) is 0. The first-order chi connectivity index (χ1) is 5.72. The van der Waals surface area contributed by atoms with Crippen LogP contribution in [0.2, 0.25) is 0 Å². The first kappa shape index (κ1) is 8.52. The van der Waals surface area contributed by atoms with Gasteiger partial charge < -0.3 is 10.6 Å². The minimum Gasteiger partial charge on any atom is -0.330 e. The van der Waals surface area contributed by atoms with Gasteiger partial charge in [0.1, 0.15) is 0 Å². The van der Waals surface area contributed by atoms with E-state index in [0.717, 1.165) is 30.2 Å². The zero-order valence-corrected chi connectivity index (χ0v) is 8.16. The standard InChI is InChI=1S/C10H20N2/c1-7(2)4-12-5-9-8(3-11)10(9)6-12/h7-10H,3-6,11H2,1-2H3. The van der Waals surface area contributed by atoms with Gasteiger partial charge in [0.2, 0.25) is 0 Å². The van der Waals surface area contributed by atoms with Gasteiger partial charge in [0.05, 0.1) is 0 Å². The summed E-state index contributed by atoms with van der Waals surface area (Å²) in [5.41, 5.74) is 5.65. The topological polar surface area (TPSA) is 29.3 Å². The Morgan fingerprint density at radius 3 is 2.33 bits per heavy atom. The molecule has 0 bridgehead atoms. The Bertz CT molecular complexity index is 155. The fourth-order valence-electron chi connectivity index (χ4n) is 2.75. The highest BCUT2D eigenvalue weighted by Crippen LogP contribution is 2.50. The molecule has 2 atom stereocenters. The van der Waals surface area contributed by atoms with Gasteiger partial charge in [0, 0.05) is 19.6 Å². The lowest BCUT2D eigenvalue weighted by molar-refractivity contribution is 0.256. The van der Waals surface area contributed by atoms with E-state index >= 15 is 0 Å². The minimum atomic E-state index is 0.818. The second kappa shape index (κ2) is 3.00. The molecule has 12 heavy (non-hydrogen) atoms. The molecule has 2 unspecified atom stereocenters. The summed E-state index contributed by atoms with van der Waals surface area (Å²) in [5, 5.41) is 0. The summed E-state index contributed by atoms with van der Waals surface area (Å²) >= 11 is 0. The SMILES string of the molecule is CC(C)CN1CC2C(CN)C2C1. The molecule has 0 aromatic carbocycles. The van der Waals surface area contributed by atoms with Gasteiger partial charge in [-0.25, -0.2) is 0 Å². The van der Waals surface area contributed by atoms with Crippen LogP contribution >= 0.6 is 0 Å². The van der Waals surface area contributed by atoms with Crippen molar-refractivity contribution < 1.29 is 0 Å². The Morgan fingerprint density at radius 1 is 1.33 bits per heavy atom. The van der Waals surface area contributed by atoms with Crippen molar-refractivity contribution in [1.82, 2.24) is 4.90 Å². The first-order valence-electron chi connectivity index (χ1n) is 5.14. The van der Waals surface area contributed by atoms with E-state index in [-0.39, 0.29) is 0 Å².